The van der Waals surface area contributed by atoms with Crippen molar-refractivity contribution in [2.45, 2.75) is 38.1 Å². The third kappa shape index (κ3) is 1.74. The number of hydrogen-bond donors (Lipinski definition) is 1. The molecule has 1 aromatic rings. The van der Waals surface area contributed by atoms with Crippen LogP contribution in [0.3, 0.4) is 0 Å². The van der Waals surface area contributed by atoms with E-state index in [0.717, 1.165) is 29.6 Å². The lowest BCUT2D eigenvalue weighted by atomic mass is 9.50. The summed E-state index contributed by atoms with van der Waals surface area (Å²) in [6.45, 7) is 0. The third-order valence-corrected chi connectivity index (χ3v) is 7.47. The Morgan fingerprint density at radius 3 is 2.17 bits per heavy atom. The van der Waals surface area contributed by atoms with Gasteiger partial charge in [-0.1, -0.05) is 0 Å². The number of halogens is 1. The zero-order chi connectivity index (χ0) is 12.3. The zero-order valence-corrected chi connectivity index (χ0v) is 12.9. The molecule has 98 valence electrons. The molecular weight excluding hydrogens is 306 g/mol. The van der Waals surface area contributed by atoms with Crippen molar-refractivity contribution in [1.29, 1.82) is 0 Å². The highest BCUT2D eigenvalue weighted by molar-refractivity contribution is 9.10. The van der Waals surface area contributed by atoms with Crippen LogP contribution >= 0.6 is 27.3 Å². The van der Waals surface area contributed by atoms with E-state index in [4.69, 9.17) is 5.73 Å². The van der Waals surface area contributed by atoms with Gasteiger partial charge in [0, 0.05) is 15.9 Å². The van der Waals surface area contributed by atoms with E-state index in [2.05, 4.69) is 26.7 Å². The highest BCUT2D eigenvalue weighted by Gasteiger charge is 2.50. The van der Waals surface area contributed by atoms with E-state index in [1.165, 1.54) is 42.1 Å². The largest absolute Gasteiger partial charge is 0.324 e. The lowest BCUT2D eigenvalue weighted by Crippen LogP contribution is -2.48. The van der Waals surface area contributed by atoms with Gasteiger partial charge >= 0.3 is 0 Å². The Kier molecular flexibility index (Phi) is 2.86. The van der Waals surface area contributed by atoms with Crippen LogP contribution in [-0.4, -0.2) is 0 Å². The van der Waals surface area contributed by atoms with Crippen molar-refractivity contribution >= 4 is 27.3 Å². The summed E-state index contributed by atoms with van der Waals surface area (Å²) in [6.07, 6.45) is 7.39. The highest BCUT2D eigenvalue weighted by atomic mass is 79.9. The average molecular weight is 326 g/mol. The number of thiophene rings is 1. The first kappa shape index (κ1) is 11.9. The molecule has 1 aromatic heterocycles. The van der Waals surface area contributed by atoms with Gasteiger partial charge in [-0.2, -0.15) is 11.3 Å². The van der Waals surface area contributed by atoms with Crippen molar-refractivity contribution in [2.75, 3.05) is 0 Å². The first-order valence-electron chi connectivity index (χ1n) is 7.19. The molecule has 4 aliphatic carbocycles. The summed E-state index contributed by atoms with van der Waals surface area (Å²) in [7, 11) is 0. The summed E-state index contributed by atoms with van der Waals surface area (Å²) in [5.41, 5.74) is 8.00. The van der Waals surface area contributed by atoms with E-state index in [1.807, 2.05) is 0 Å². The Hall–Kier alpha value is 0.140. The monoisotopic (exact) mass is 325 g/mol. The highest BCUT2D eigenvalue weighted by Crippen LogP contribution is 2.59. The maximum absolute atomic E-state index is 6.64. The lowest BCUT2D eigenvalue weighted by molar-refractivity contribution is -0.0472. The summed E-state index contributed by atoms with van der Waals surface area (Å²) in [6, 6.07) is 0.264. The Morgan fingerprint density at radius 2 is 1.67 bits per heavy atom. The summed E-state index contributed by atoms with van der Waals surface area (Å²) in [5, 5.41) is 4.42. The SMILES string of the molecule is NC(c1cscc1Br)C1C2CC3CC(C2)CC1C3. The Morgan fingerprint density at radius 1 is 1.06 bits per heavy atom. The van der Waals surface area contributed by atoms with Gasteiger partial charge in [-0.15, -0.1) is 0 Å². The summed E-state index contributed by atoms with van der Waals surface area (Å²) < 4.78 is 1.23. The third-order valence-electron chi connectivity index (χ3n) is 5.72. The Labute approximate surface area is 121 Å². The molecule has 0 saturated heterocycles. The molecule has 0 aromatic carbocycles. The van der Waals surface area contributed by atoms with Crippen molar-refractivity contribution in [3.05, 3.63) is 20.8 Å². The van der Waals surface area contributed by atoms with Crippen molar-refractivity contribution in [2.24, 2.45) is 35.3 Å². The maximum Gasteiger partial charge on any atom is 0.0348 e. The van der Waals surface area contributed by atoms with Crippen LogP contribution in [0.25, 0.3) is 0 Å². The van der Waals surface area contributed by atoms with E-state index in [1.54, 1.807) is 11.3 Å². The molecule has 1 atom stereocenters. The molecule has 5 rings (SSSR count). The minimum Gasteiger partial charge on any atom is -0.324 e. The van der Waals surface area contributed by atoms with E-state index in [0.29, 0.717) is 0 Å². The van der Waals surface area contributed by atoms with E-state index < -0.39 is 0 Å². The van der Waals surface area contributed by atoms with Gasteiger partial charge in [-0.3, -0.25) is 0 Å². The smallest absolute Gasteiger partial charge is 0.0348 e. The van der Waals surface area contributed by atoms with Gasteiger partial charge in [0.25, 0.3) is 0 Å². The second-order valence-electron chi connectivity index (χ2n) is 6.71. The van der Waals surface area contributed by atoms with Gasteiger partial charge in [-0.25, -0.2) is 0 Å². The standard InChI is InChI=1S/C15H20BrNS/c16-13-7-18-6-12(13)15(17)14-10-2-8-1-9(4-10)5-11(14)3-8/h6-11,14-15H,1-5,17H2. The molecule has 3 heteroatoms. The molecule has 4 fully saturated rings. The molecule has 4 aliphatic rings. The van der Waals surface area contributed by atoms with Crippen LogP contribution in [0.15, 0.2) is 15.2 Å². The molecule has 0 radical (unpaired) electrons. The molecule has 2 N–H and O–H groups in total. The average Bonchev–Trinajstić information content (AvgIpc) is 2.73. The molecule has 0 spiro atoms. The fourth-order valence-corrected chi connectivity index (χ4v) is 6.90. The van der Waals surface area contributed by atoms with Gasteiger partial charge in [0.05, 0.1) is 0 Å². The Balaban J connectivity index is 1.63. The summed E-state index contributed by atoms with van der Waals surface area (Å²) >= 11 is 5.43. The fourth-order valence-electron chi connectivity index (χ4n) is 5.29. The van der Waals surface area contributed by atoms with Gasteiger partial charge in [0.1, 0.15) is 0 Å². The minimum absolute atomic E-state index is 0.264. The van der Waals surface area contributed by atoms with E-state index in [9.17, 15) is 0 Å². The van der Waals surface area contributed by atoms with Crippen LogP contribution in [0, 0.1) is 29.6 Å². The zero-order valence-electron chi connectivity index (χ0n) is 10.5. The summed E-state index contributed by atoms with van der Waals surface area (Å²) in [5.74, 6) is 4.68. The second kappa shape index (κ2) is 4.32. The Bertz CT molecular complexity index is 427. The predicted octanol–water partition coefficient (Wildman–Crippen LogP) is 4.58. The topological polar surface area (TPSA) is 26.0 Å². The van der Waals surface area contributed by atoms with E-state index >= 15 is 0 Å². The quantitative estimate of drug-likeness (QED) is 0.846. The van der Waals surface area contributed by atoms with Crippen LogP contribution < -0.4 is 5.73 Å². The molecule has 18 heavy (non-hydrogen) atoms. The molecule has 4 saturated carbocycles. The predicted molar refractivity (Wildman–Crippen MR) is 79.5 cm³/mol. The molecule has 4 bridgehead atoms. The summed E-state index contributed by atoms with van der Waals surface area (Å²) in [4.78, 5) is 0. The normalized spacial score (nSPS) is 43.3. The van der Waals surface area contributed by atoms with Crippen LogP contribution in [0.5, 0.6) is 0 Å². The first-order chi connectivity index (χ1) is 8.72. The second-order valence-corrected chi connectivity index (χ2v) is 8.31. The van der Waals surface area contributed by atoms with Crippen LogP contribution in [0.2, 0.25) is 0 Å². The molecule has 0 amide bonds. The van der Waals surface area contributed by atoms with Crippen LogP contribution in [0.1, 0.15) is 43.7 Å². The molecule has 1 nitrogen and oxygen atoms in total. The minimum atomic E-state index is 0.264. The maximum atomic E-state index is 6.64. The number of rotatable bonds is 2. The molecular formula is C15H20BrNS. The first-order valence-corrected chi connectivity index (χ1v) is 8.93. The number of hydrogen-bond acceptors (Lipinski definition) is 2. The van der Waals surface area contributed by atoms with Crippen molar-refractivity contribution < 1.29 is 0 Å². The molecule has 1 unspecified atom stereocenters. The van der Waals surface area contributed by atoms with Gasteiger partial charge in [0.2, 0.25) is 0 Å². The lowest BCUT2D eigenvalue weighted by Gasteiger charge is -2.56. The van der Waals surface area contributed by atoms with Gasteiger partial charge in [0.15, 0.2) is 0 Å². The van der Waals surface area contributed by atoms with Gasteiger partial charge < -0.3 is 5.73 Å². The van der Waals surface area contributed by atoms with Crippen LogP contribution in [-0.2, 0) is 0 Å². The molecule has 0 aliphatic heterocycles. The van der Waals surface area contributed by atoms with Crippen molar-refractivity contribution in [1.82, 2.24) is 0 Å². The number of nitrogens with two attached hydrogens (primary N) is 1. The molecule has 1 heterocycles. The van der Waals surface area contributed by atoms with E-state index in [-0.39, 0.29) is 6.04 Å². The van der Waals surface area contributed by atoms with Crippen LogP contribution in [0.4, 0.5) is 0 Å². The van der Waals surface area contributed by atoms with Crippen molar-refractivity contribution in [3.63, 3.8) is 0 Å². The fraction of sp³-hybridized carbons (Fsp3) is 0.733. The van der Waals surface area contributed by atoms with Crippen molar-refractivity contribution in [3.8, 4) is 0 Å². The van der Waals surface area contributed by atoms with Gasteiger partial charge in [-0.05, 0) is 88.6 Å².